The molecule has 0 saturated carbocycles. The Morgan fingerprint density at radius 2 is 1.66 bits per heavy atom. The van der Waals surface area contributed by atoms with Gasteiger partial charge in [-0.2, -0.15) is 4.31 Å². The third kappa shape index (κ3) is 5.28. The fourth-order valence-electron chi connectivity index (χ4n) is 4.98. The van der Waals surface area contributed by atoms with Crippen LogP contribution in [0.2, 0.25) is 0 Å². The van der Waals surface area contributed by atoms with E-state index in [-0.39, 0.29) is 30.0 Å². The van der Waals surface area contributed by atoms with E-state index in [1.54, 1.807) is 30.0 Å². The first kappa shape index (κ1) is 25.7. The number of hydrogen-bond acceptors (Lipinski definition) is 6. The minimum Gasteiger partial charge on any atom is -0.390 e. The van der Waals surface area contributed by atoms with E-state index in [9.17, 15) is 23.1 Å². The maximum absolute atomic E-state index is 13.0. The molecule has 1 spiro atoms. The first-order valence-corrected chi connectivity index (χ1v) is 13.7. The van der Waals surface area contributed by atoms with Crippen LogP contribution < -0.4 is 10.6 Å². The highest BCUT2D eigenvalue weighted by Gasteiger charge is 2.47. The summed E-state index contributed by atoms with van der Waals surface area (Å²) >= 11 is 5.02. The van der Waals surface area contributed by atoms with Crippen LogP contribution in [0.15, 0.2) is 17.5 Å². The van der Waals surface area contributed by atoms with Gasteiger partial charge in [0.1, 0.15) is 5.54 Å². The van der Waals surface area contributed by atoms with Gasteiger partial charge in [0, 0.05) is 37.2 Å². The summed E-state index contributed by atoms with van der Waals surface area (Å²) in [6.07, 6.45) is 3.34. The lowest BCUT2D eigenvalue weighted by Crippen LogP contribution is -2.55. The van der Waals surface area contributed by atoms with Gasteiger partial charge in [-0.1, -0.05) is 0 Å². The highest BCUT2D eigenvalue weighted by Crippen LogP contribution is 2.28. The van der Waals surface area contributed by atoms with E-state index in [4.69, 9.17) is 12.2 Å². The summed E-state index contributed by atoms with van der Waals surface area (Å²) in [5, 5.41) is 17.2. The van der Waals surface area contributed by atoms with Gasteiger partial charge in [-0.15, -0.1) is 0 Å². The Kier molecular flexibility index (Phi) is 6.82. The lowest BCUT2D eigenvalue weighted by atomic mass is 9.89. The molecule has 0 aromatic heterocycles. The zero-order valence-electron chi connectivity index (χ0n) is 20.3. The maximum Gasteiger partial charge on any atom is 0.253 e. The zero-order chi connectivity index (χ0) is 25.6. The molecule has 3 saturated heterocycles. The number of nitrogens with zero attached hydrogens (tertiary/aromatic N) is 2. The summed E-state index contributed by atoms with van der Waals surface area (Å²) in [4.78, 5) is 27.0. The van der Waals surface area contributed by atoms with Crippen LogP contribution in [0.4, 0.5) is 0 Å². The summed E-state index contributed by atoms with van der Waals surface area (Å²) in [5.74, 6) is -0.285. The number of rotatable bonds is 4. The summed E-state index contributed by atoms with van der Waals surface area (Å²) in [6, 6.07) is 3.57. The highest BCUT2D eigenvalue weighted by molar-refractivity contribution is 7.92. The lowest BCUT2D eigenvalue weighted by molar-refractivity contribution is -0.125. The van der Waals surface area contributed by atoms with Gasteiger partial charge in [-0.25, -0.2) is 8.42 Å². The largest absolute Gasteiger partial charge is 0.390 e. The summed E-state index contributed by atoms with van der Waals surface area (Å²) in [6.45, 7) is 6.93. The number of sulfonamides is 1. The monoisotopic (exact) mass is 520 g/mol. The number of benzene rings is 1. The Balaban J connectivity index is 1.45. The van der Waals surface area contributed by atoms with Gasteiger partial charge in [-0.3, -0.25) is 9.59 Å². The number of carbonyl (C=O) groups excluding carboxylic acids is 2. The van der Waals surface area contributed by atoms with Crippen molar-refractivity contribution in [2.45, 2.75) is 57.6 Å². The van der Waals surface area contributed by atoms with Gasteiger partial charge in [0.05, 0.1) is 5.60 Å². The molecule has 0 atom stereocenters. The van der Waals surface area contributed by atoms with Gasteiger partial charge >= 0.3 is 0 Å². The molecule has 0 aliphatic carbocycles. The normalized spacial score (nSPS) is 22.5. The third-order valence-corrected chi connectivity index (χ3v) is 9.09. The lowest BCUT2D eigenvalue weighted by Gasteiger charge is -2.36. The molecule has 3 aliphatic rings. The predicted octanol–water partition coefficient (Wildman–Crippen LogP) is 1.43. The molecule has 1 aromatic rings. The molecule has 0 bridgehead atoms. The molecule has 190 valence electrons. The molecular formula is C24H32N4O5S2. The van der Waals surface area contributed by atoms with E-state index in [1.807, 2.05) is 13.8 Å². The molecule has 3 heterocycles. The van der Waals surface area contributed by atoms with Gasteiger partial charge in [0.2, 0.25) is 10.0 Å². The van der Waals surface area contributed by atoms with Crippen LogP contribution in [0.1, 0.15) is 59.7 Å². The van der Waals surface area contributed by atoms with Crippen LogP contribution in [0.5, 0.6) is 0 Å². The summed E-state index contributed by atoms with van der Waals surface area (Å²) in [7, 11) is -3.69. The molecule has 3 N–H and O–H groups in total. The van der Waals surface area contributed by atoms with Crippen LogP contribution in [-0.4, -0.2) is 77.0 Å². The molecule has 9 nitrogen and oxygen atoms in total. The van der Waals surface area contributed by atoms with Crippen molar-refractivity contribution in [1.82, 2.24) is 19.8 Å². The summed E-state index contributed by atoms with van der Waals surface area (Å²) < 4.78 is 27.3. The maximum atomic E-state index is 13.0. The molecule has 2 amide bonds. The first-order chi connectivity index (χ1) is 16.3. The SMILES string of the molecule is Cc1cc(C(=O)N2CCC(C)(O)CC2)cc(C)c1C=CS(=O)(=O)N1CCC2(CC1)NC(=S)NC2=O. The van der Waals surface area contributed by atoms with E-state index in [0.717, 1.165) is 16.7 Å². The molecule has 3 aliphatic heterocycles. The van der Waals surface area contributed by atoms with Crippen molar-refractivity contribution in [3.8, 4) is 0 Å². The number of nitrogens with one attached hydrogen (secondary N) is 2. The number of amides is 2. The van der Waals surface area contributed by atoms with Crippen molar-refractivity contribution in [3.05, 3.63) is 39.8 Å². The van der Waals surface area contributed by atoms with Gasteiger partial charge < -0.3 is 20.6 Å². The van der Waals surface area contributed by atoms with Crippen LogP contribution in [-0.2, 0) is 14.8 Å². The molecule has 0 unspecified atom stereocenters. The van der Waals surface area contributed by atoms with Crippen LogP contribution in [0.25, 0.3) is 6.08 Å². The fourth-order valence-corrected chi connectivity index (χ4v) is 6.44. The second kappa shape index (κ2) is 9.27. The molecule has 1 aromatic carbocycles. The van der Waals surface area contributed by atoms with Crippen molar-refractivity contribution < 1.29 is 23.1 Å². The standard InChI is InChI=1S/C24H32N4O5S2/c1-16-14-18(20(29)27-9-5-23(3,31)6-10-27)15-17(2)19(16)4-13-35(32,33)28-11-7-24(8-12-28)21(30)25-22(34)26-24/h4,13-15,31H,5-12H2,1-3H3,(H2,25,26,30,34). The Hall–Kier alpha value is -2.34. The van der Waals surface area contributed by atoms with E-state index in [2.05, 4.69) is 10.6 Å². The second-order valence-electron chi connectivity index (χ2n) is 10.0. The molecule has 4 rings (SSSR count). The van der Waals surface area contributed by atoms with Gasteiger partial charge in [-0.05, 0) is 93.6 Å². The Morgan fingerprint density at radius 3 is 2.17 bits per heavy atom. The quantitative estimate of drug-likeness (QED) is 0.514. The smallest absolute Gasteiger partial charge is 0.253 e. The van der Waals surface area contributed by atoms with Crippen LogP contribution >= 0.6 is 12.2 Å². The van der Waals surface area contributed by atoms with Crippen molar-refractivity contribution in [1.29, 1.82) is 0 Å². The topological polar surface area (TPSA) is 119 Å². The number of aliphatic hydroxyl groups is 1. The number of carbonyl (C=O) groups is 2. The number of likely N-dealkylation sites (tertiary alicyclic amines) is 1. The van der Waals surface area contributed by atoms with Crippen LogP contribution in [0, 0.1) is 13.8 Å². The van der Waals surface area contributed by atoms with Gasteiger partial charge in [0.15, 0.2) is 5.11 Å². The average Bonchev–Trinajstić information content (AvgIpc) is 3.05. The minimum absolute atomic E-state index is 0.0823. The Labute approximate surface area is 211 Å². The molecule has 35 heavy (non-hydrogen) atoms. The molecule has 0 radical (unpaired) electrons. The third-order valence-electron chi connectivity index (χ3n) is 7.33. The van der Waals surface area contributed by atoms with Crippen molar-refractivity contribution in [2.75, 3.05) is 26.2 Å². The van der Waals surface area contributed by atoms with Crippen molar-refractivity contribution >= 4 is 45.2 Å². The molecule has 11 heteroatoms. The van der Waals surface area contributed by atoms with Crippen molar-refractivity contribution in [3.63, 3.8) is 0 Å². The van der Waals surface area contributed by atoms with Gasteiger partial charge in [0.25, 0.3) is 11.8 Å². The second-order valence-corrected chi connectivity index (χ2v) is 12.3. The molecule has 3 fully saturated rings. The number of piperidine rings is 2. The number of thiocarbonyl (C=S) groups is 1. The zero-order valence-corrected chi connectivity index (χ0v) is 21.9. The van der Waals surface area contributed by atoms with E-state index in [1.165, 1.54) is 9.71 Å². The predicted molar refractivity (Wildman–Crippen MR) is 137 cm³/mol. The molecular weight excluding hydrogens is 488 g/mol. The minimum atomic E-state index is -3.69. The van der Waals surface area contributed by atoms with Crippen molar-refractivity contribution in [2.24, 2.45) is 0 Å². The average molecular weight is 521 g/mol. The number of aryl methyl sites for hydroxylation is 2. The van der Waals surface area contributed by atoms with E-state index >= 15 is 0 Å². The Bertz CT molecular complexity index is 1170. The van der Waals surface area contributed by atoms with E-state index in [0.29, 0.717) is 44.3 Å². The first-order valence-electron chi connectivity index (χ1n) is 11.8. The highest BCUT2D eigenvalue weighted by atomic mass is 32.2. The fraction of sp³-hybridized carbons (Fsp3) is 0.542. The van der Waals surface area contributed by atoms with E-state index < -0.39 is 21.2 Å². The summed E-state index contributed by atoms with van der Waals surface area (Å²) in [5.41, 5.74) is 1.37. The Morgan fingerprint density at radius 1 is 1.09 bits per heavy atom. The van der Waals surface area contributed by atoms with Crippen LogP contribution in [0.3, 0.4) is 0 Å². The number of hydrogen-bond donors (Lipinski definition) is 3.